The third-order valence-electron chi connectivity index (χ3n) is 3.78. The second-order valence-electron chi connectivity index (χ2n) is 6.12. The Labute approximate surface area is 122 Å². The Hall–Kier alpha value is -1.28. The molecule has 0 aliphatic heterocycles. The van der Waals surface area contributed by atoms with Crippen molar-refractivity contribution in [2.45, 2.75) is 53.0 Å². The van der Waals surface area contributed by atoms with Crippen LogP contribution in [-0.4, -0.2) is 6.54 Å². The molecular weight excluding hydrogens is 246 g/mol. The van der Waals surface area contributed by atoms with Crippen LogP contribution in [-0.2, 0) is 0 Å². The number of para-hydroxylation sites is 1. The van der Waals surface area contributed by atoms with Crippen molar-refractivity contribution in [2.24, 2.45) is 5.92 Å². The number of hydrogen-bond donors (Lipinski definition) is 1. The van der Waals surface area contributed by atoms with E-state index in [1.54, 1.807) is 0 Å². The molecule has 110 valence electrons. The monoisotopic (exact) mass is 273 g/mol. The molecule has 2 rings (SSSR count). The van der Waals surface area contributed by atoms with E-state index in [4.69, 9.17) is 4.42 Å². The van der Waals surface area contributed by atoms with Crippen LogP contribution in [0.4, 0.5) is 0 Å². The maximum Gasteiger partial charge on any atom is 0.137 e. The lowest BCUT2D eigenvalue weighted by atomic mass is 10.0. The Kier molecular flexibility index (Phi) is 5.24. The van der Waals surface area contributed by atoms with Gasteiger partial charge in [-0.3, -0.25) is 0 Å². The zero-order chi connectivity index (χ0) is 14.5. The molecule has 0 saturated carbocycles. The summed E-state index contributed by atoms with van der Waals surface area (Å²) in [6.07, 6.45) is 3.51. The predicted octanol–water partition coefficient (Wildman–Crippen LogP) is 5.22. The predicted molar refractivity (Wildman–Crippen MR) is 86.1 cm³/mol. The molecule has 2 nitrogen and oxygen atoms in total. The summed E-state index contributed by atoms with van der Waals surface area (Å²) in [7, 11) is 0. The van der Waals surface area contributed by atoms with E-state index < -0.39 is 0 Å². The van der Waals surface area contributed by atoms with E-state index in [9.17, 15) is 0 Å². The zero-order valence-electron chi connectivity index (χ0n) is 13.2. The highest BCUT2D eigenvalue weighted by molar-refractivity contribution is 5.80. The summed E-state index contributed by atoms with van der Waals surface area (Å²) in [5, 5.41) is 4.84. The molecule has 1 N–H and O–H groups in total. The van der Waals surface area contributed by atoms with Crippen LogP contribution in [0, 0.1) is 12.8 Å². The van der Waals surface area contributed by atoms with Gasteiger partial charge >= 0.3 is 0 Å². The molecule has 20 heavy (non-hydrogen) atoms. The summed E-state index contributed by atoms with van der Waals surface area (Å²) in [6, 6.07) is 8.88. The third-order valence-corrected chi connectivity index (χ3v) is 3.78. The van der Waals surface area contributed by atoms with Gasteiger partial charge in [0.25, 0.3) is 0 Å². The fraction of sp³-hybridized carbons (Fsp3) is 0.556. The van der Waals surface area contributed by atoms with Crippen molar-refractivity contribution in [1.29, 1.82) is 0 Å². The van der Waals surface area contributed by atoms with Crippen molar-refractivity contribution >= 4 is 11.0 Å². The summed E-state index contributed by atoms with van der Waals surface area (Å²) in [4.78, 5) is 0. The van der Waals surface area contributed by atoms with E-state index in [-0.39, 0.29) is 0 Å². The van der Waals surface area contributed by atoms with E-state index >= 15 is 0 Å². The van der Waals surface area contributed by atoms with Gasteiger partial charge in [0.15, 0.2) is 0 Å². The lowest BCUT2D eigenvalue weighted by Gasteiger charge is -2.17. The summed E-state index contributed by atoms with van der Waals surface area (Å²) in [5.41, 5.74) is 2.25. The average molecular weight is 273 g/mol. The van der Waals surface area contributed by atoms with Gasteiger partial charge in [-0.25, -0.2) is 0 Å². The summed E-state index contributed by atoms with van der Waals surface area (Å²) < 4.78 is 6.13. The van der Waals surface area contributed by atoms with Crippen LogP contribution in [0.1, 0.15) is 57.4 Å². The molecule has 0 radical (unpaired) electrons. The lowest BCUT2D eigenvalue weighted by Crippen LogP contribution is -2.22. The molecule has 1 heterocycles. The molecular formula is C18H27NO. The largest absolute Gasteiger partial charge is 0.459 e. The van der Waals surface area contributed by atoms with Crippen molar-refractivity contribution < 1.29 is 4.42 Å². The molecule has 1 atom stereocenters. The number of benzene rings is 1. The number of rotatable bonds is 7. The Morgan fingerprint density at radius 2 is 2.00 bits per heavy atom. The number of aryl methyl sites for hydroxylation is 1. The Bertz CT molecular complexity index is 541. The number of hydrogen-bond acceptors (Lipinski definition) is 2. The van der Waals surface area contributed by atoms with Gasteiger partial charge in [-0.1, -0.05) is 39.0 Å². The van der Waals surface area contributed by atoms with Crippen LogP contribution in [0.15, 0.2) is 28.7 Å². The number of furan rings is 1. The van der Waals surface area contributed by atoms with E-state index in [0.717, 1.165) is 36.6 Å². The van der Waals surface area contributed by atoms with E-state index in [1.165, 1.54) is 17.4 Å². The summed E-state index contributed by atoms with van der Waals surface area (Å²) >= 11 is 0. The Morgan fingerprint density at radius 1 is 1.20 bits per heavy atom. The van der Waals surface area contributed by atoms with Gasteiger partial charge in [-0.2, -0.15) is 0 Å². The average Bonchev–Trinajstić information content (AvgIpc) is 2.84. The molecule has 2 heteroatoms. The topological polar surface area (TPSA) is 25.2 Å². The standard InChI is InChI=1S/C18H27NO/c1-5-11-19-16(10-9-13(2)3)17-12-15-8-6-7-14(4)18(15)20-17/h6-8,12-13,16,19H,5,9-11H2,1-4H3. The van der Waals surface area contributed by atoms with Crippen LogP contribution in [0.5, 0.6) is 0 Å². The van der Waals surface area contributed by atoms with Crippen LogP contribution in [0.3, 0.4) is 0 Å². The Balaban J connectivity index is 2.22. The second-order valence-corrected chi connectivity index (χ2v) is 6.12. The molecule has 1 unspecified atom stereocenters. The van der Waals surface area contributed by atoms with E-state index in [2.05, 4.69) is 57.3 Å². The maximum atomic E-state index is 6.13. The second kappa shape index (κ2) is 6.94. The van der Waals surface area contributed by atoms with Gasteiger partial charge in [0.1, 0.15) is 11.3 Å². The molecule has 1 aromatic heterocycles. The first-order valence-electron chi connectivity index (χ1n) is 7.84. The van der Waals surface area contributed by atoms with Crippen LogP contribution >= 0.6 is 0 Å². The quantitative estimate of drug-likeness (QED) is 0.748. The lowest BCUT2D eigenvalue weighted by molar-refractivity contribution is 0.382. The first-order chi connectivity index (χ1) is 9.61. The molecule has 1 aromatic carbocycles. The molecule has 0 aliphatic carbocycles. The van der Waals surface area contributed by atoms with Gasteiger partial charge in [0, 0.05) is 5.39 Å². The number of nitrogens with one attached hydrogen (secondary N) is 1. The highest BCUT2D eigenvalue weighted by atomic mass is 16.3. The van der Waals surface area contributed by atoms with Gasteiger partial charge in [0.2, 0.25) is 0 Å². The highest BCUT2D eigenvalue weighted by Crippen LogP contribution is 2.29. The third kappa shape index (κ3) is 3.63. The van der Waals surface area contributed by atoms with Crippen LogP contribution in [0.2, 0.25) is 0 Å². The van der Waals surface area contributed by atoms with Crippen LogP contribution < -0.4 is 5.32 Å². The number of fused-ring (bicyclic) bond motifs is 1. The molecule has 0 saturated heterocycles. The Morgan fingerprint density at radius 3 is 2.65 bits per heavy atom. The smallest absolute Gasteiger partial charge is 0.137 e. The summed E-state index contributed by atoms with van der Waals surface area (Å²) in [6.45, 7) is 9.91. The van der Waals surface area contributed by atoms with Gasteiger partial charge in [0.05, 0.1) is 6.04 Å². The van der Waals surface area contributed by atoms with Gasteiger partial charge in [-0.15, -0.1) is 0 Å². The SMILES string of the molecule is CCCNC(CCC(C)C)c1cc2cccc(C)c2o1. The normalized spacial score (nSPS) is 13.2. The molecule has 2 aromatic rings. The fourth-order valence-corrected chi connectivity index (χ4v) is 2.56. The van der Waals surface area contributed by atoms with Gasteiger partial charge in [-0.05, 0) is 50.3 Å². The zero-order valence-corrected chi connectivity index (χ0v) is 13.2. The van der Waals surface area contributed by atoms with Gasteiger partial charge < -0.3 is 9.73 Å². The maximum absolute atomic E-state index is 6.13. The van der Waals surface area contributed by atoms with Crippen molar-refractivity contribution in [1.82, 2.24) is 5.32 Å². The van der Waals surface area contributed by atoms with E-state index in [1.807, 2.05) is 0 Å². The minimum absolute atomic E-state index is 0.337. The minimum Gasteiger partial charge on any atom is -0.459 e. The highest BCUT2D eigenvalue weighted by Gasteiger charge is 2.16. The molecule has 0 spiro atoms. The fourth-order valence-electron chi connectivity index (χ4n) is 2.56. The molecule has 0 fully saturated rings. The minimum atomic E-state index is 0.337. The molecule has 0 bridgehead atoms. The first-order valence-corrected chi connectivity index (χ1v) is 7.84. The van der Waals surface area contributed by atoms with E-state index in [0.29, 0.717) is 6.04 Å². The molecule has 0 aliphatic rings. The van der Waals surface area contributed by atoms with Crippen molar-refractivity contribution in [3.05, 3.63) is 35.6 Å². The van der Waals surface area contributed by atoms with Crippen molar-refractivity contribution in [3.63, 3.8) is 0 Å². The van der Waals surface area contributed by atoms with Crippen molar-refractivity contribution in [3.8, 4) is 0 Å². The van der Waals surface area contributed by atoms with Crippen molar-refractivity contribution in [2.75, 3.05) is 6.54 Å². The van der Waals surface area contributed by atoms with Crippen LogP contribution in [0.25, 0.3) is 11.0 Å². The first kappa shape index (κ1) is 15.1. The molecule has 0 amide bonds. The summed E-state index contributed by atoms with van der Waals surface area (Å²) in [5.74, 6) is 1.82.